The Morgan fingerprint density at radius 1 is 0.739 bits per heavy atom. The summed E-state index contributed by atoms with van der Waals surface area (Å²) in [6.45, 7) is 0. The minimum Gasteiger partial charge on any atom is -0.497 e. The van der Waals surface area contributed by atoms with Crippen molar-refractivity contribution in [3.05, 3.63) is 83.0 Å². The van der Waals surface area contributed by atoms with Gasteiger partial charge in [0.25, 0.3) is 0 Å². The third-order valence-corrected chi connectivity index (χ3v) is 4.11. The Morgan fingerprint density at radius 2 is 1.26 bits per heavy atom. The quantitative estimate of drug-likeness (QED) is 0.521. The molecule has 0 N–H and O–H groups in total. The van der Waals surface area contributed by atoms with Gasteiger partial charge in [0, 0.05) is 16.5 Å². The van der Waals surface area contributed by atoms with Gasteiger partial charge in [-0.15, -0.1) is 0 Å². The van der Waals surface area contributed by atoms with Gasteiger partial charge in [0.05, 0.1) is 18.1 Å². The van der Waals surface area contributed by atoms with Crippen LogP contribution in [0, 0.1) is 0 Å². The van der Waals surface area contributed by atoms with Crippen LogP contribution in [-0.4, -0.2) is 11.7 Å². The molecule has 0 saturated carbocycles. The second-order valence-corrected chi connectivity index (χ2v) is 5.40. The number of ether oxygens (including phenoxy) is 1. The highest BCUT2D eigenvalue weighted by Crippen LogP contribution is 2.25. The summed E-state index contributed by atoms with van der Waals surface area (Å²) in [7, 11) is 1.65. The number of hydrogen-bond donors (Lipinski definition) is 0. The van der Waals surface area contributed by atoms with Crippen molar-refractivity contribution >= 4 is 21.8 Å². The Labute approximate surface area is 133 Å². The zero-order valence-corrected chi connectivity index (χ0v) is 12.7. The minimum absolute atomic E-state index is 0.0703. The molecule has 0 aliphatic carbocycles. The summed E-state index contributed by atoms with van der Waals surface area (Å²) < 4.78 is 7.36. The van der Waals surface area contributed by atoms with Crippen LogP contribution in [0.25, 0.3) is 27.5 Å². The third-order valence-electron chi connectivity index (χ3n) is 4.11. The van der Waals surface area contributed by atoms with Crippen LogP contribution >= 0.6 is 0 Å². The van der Waals surface area contributed by atoms with E-state index in [0.29, 0.717) is 0 Å². The molecular formula is C20H15NO2. The number of nitrogens with zero attached hydrogens (tertiary/aromatic N) is 1. The van der Waals surface area contributed by atoms with Gasteiger partial charge in [0.1, 0.15) is 5.75 Å². The van der Waals surface area contributed by atoms with Crippen LogP contribution in [0.1, 0.15) is 0 Å². The standard InChI is InChI=1S/C20H15NO2/c1-23-15-12-10-14(11-13-15)21-18-8-4-2-6-16(18)20(22)17-7-3-5-9-19(17)21/h2-13H,1H3. The number of aromatic nitrogens is 1. The summed E-state index contributed by atoms with van der Waals surface area (Å²) in [4.78, 5) is 12.7. The van der Waals surface area contributed by atoms with Gasteiger partial charge in [-0.25, -0.2) is 0 Å². The van der Waals surface area contributed by atoms with E-state index in [4.69, 9.17) is 4.74 Å². The molecule has 3 aromatic carbocycles. The molecular weight excluding hydrogens is 286 g/mol. The van der Waals surface area contributed by atoms with Gasteiger partial charge in [0.15, 0.2) is 5.43 Å². The van der Waals surface area contributed by atoms with Crippen molar-refractivity contribution in [2.24, 2.45) is 0 Å². The van der Waals surface area contributed by atoms with Crippen LogP contribution in [0.5, 0.6) is 5.75 Å². The molecule has 0 atom stereocenters. The predicted molar refractivity (Wildman–Crippen MR) is 93.6 cm³/mol. The molecule has 4 rings (SSSR count). The van der Waals surface area contributed by atoms with Crippen molar-refractivity contribution in [1.29, 1.82) is 0 Å². The summed E-state index contributed by atoms with van der Waals surface area (Å²) in [6.07, 6.45) is 0. The average molecular weight is 301 g/mol. The van der Waals surface area contributed by atoms with E-state index in [1.54, 1.807) is 7.11 Å². The van der Waals surface area contributed by atoms with Gasteiger partial charge in [0.2, 0.25) is 0 Å². The average Bonchev–Trinajstić information content (AvgIpc) is 2.63. The summed E-state index contributed by atoms with van der Waals surface area (Å²) in [5.41, 5.74) is 2.88. The lowest BCUT2D eigenvalue weighted by Gasteiger charge is -2.15. The topological polar surface area (TPSA) is 31.2 Å². The normalized spacial score (nSPS) is 11.0. The van der Waals surface area contributed by atoms with Gasteiger partial charge in [-0.2, -0.15) is 0 Å². The van der Waals surface area contributed by atoms with Gasteiger partial charge >= 0.3 is 0 Å². The van der Waals surface area contributed by atoms with Gasteiger partial charge in [-0.3, -0.25) is 4.79 Å². The molecule has 3 nitrogen and oxygen atoms in total. The molecule has 0 amide bonds. The molecule has 0 radical (unpaired) electrons. The molecule has 1 heterocycles. The monoisotopic (exact) mass is 301 g/mol. The second-order valence-electron chi connectivity index (χ2n) is 5.40. The Morgan fingerprint density at radius 3 is 1.78 bits per heavy atom. The number of fused-ring (bicyclic) bond motifs is 2. The Balaban J connectivity index is 2.17. The van der Waals surface area contributed by atoms with Crippen molar-refractivity contribution < 1.29 is 4.74 Å². The molecule has 0 aliphatic rings. The van der Waals surface area contributed by atoms with Crippen molar-refractivity contribution in [1.82, 2.24) is 4.57 Å². The molecule has 0 bridgehead atoms. The van der Waals surface area contributed by atoms with Crippen molar-refractivity contribution in [2.45, 2.75) is 0 Å². The number of methoxy groups -OCH3 is 1. The second kappa shape index (κ2) is 5.29. The first-order chi connectivity index (χ1) is 11.3. The molecule has 0 saturated heterocycles. The minimum atomic E-state index is 0.0703. The van der Waals surface area contributed by atoms with Crippen LogP contribution < -0.4 is 10.2 Å². The van der Waals surface area contributed by atoms with Crippen LogP contribution in [0.4, 0.5) is 0 Å². The highest BCUT2D eigenvalue weighted by molar-refractivity contribution is 5.95. The predicted octanol–water partition coefficient (Wildman–Crippen LogP) is 4.15. The van der Waals surface area contributed by atoms with E-state index in [9.17, 15) is 4.79 Å². The lowest BCUT2D eigenvalue weighted by Crippen LogP contribution is -2.10. The Hall–Kier alpha value is -3.07. The van der Waals surface area contributed by atoms with Crippen LogP contribution in [0.3, 0.4) is 0 Å². The molecule has 0 fully saturated rings. The number of hydrogen-bond acceptors (Lipinski definition) is 2. The first kappa shape index (κ1) is 13.6. The lowest BCUT2D eigenvalue weighted by atomic mass is 10.1. The van der Waals surface area contributed by atoms with Crippen LogP contribution in [-0.2, 0) is 0 Å². The fraction of sp³-hybridized carbons (Fsp3) is 0.0500. The maximum absolute atomic E-state index is 12.7. The summed E-state index contributed by atoms with van der Waals surface area (Å²) >= 11 is 0. The molecule has 0 aliphatic heterocycles. The van der Waals surface area contributed by atoms with E-state index >= 15 is 0 Å². The highest BCUT2D eigenvalue weighted by Gasteiger charge is 2.11. The SMILES string of the molecule is COc1ccc(-n2c3ccccc3c(=O)c3ccccc32)cc1. The largest absolute Gasteiger partial charge is 0.497 e. The summed E-state index contributed by atoms with van der Waals surface area (Å²) in [5.74, 6) is 0.809. The van der Waals surface area contributed by atoms with Crippen molar-refractivity contribution in [3.8, 4) is 11.4 Å². The molecule has 112 valence electrons. The van der Waals surface area contributed by atoms with E-state index in [0.717, 1.165) is 33.2 Å². The zero-order chi connectivity index (χ0) is 15.8. The first-order valence-corrected chi connectivity index (χ1v) is 7.46. The van der Waals surface area contributed by atoms with Gasteiger partial charge < -0.3 is 9.30 Å². The fourth-order valence-electron chi connectivity index (χ4n) is 3.01. The molecule has 4 aromatic rings. The molecule has 0 unspecified atom stereocenters. The van der Waals surface area contributed by atoms with Gasteiger partial charge in [-0.05, 0) is 48.5 Å². The number of rotatable bonds is 2. The summed E-state index contributed by atoms with van der Waals surface area (Å²) in [5, 5.41) is 1.45. The van der Waals surface area contributed by atoms with E-state index in [1.165, 1.54) is 0 Å². The first-order valence-electron chi connectivity index (χ1n) is 7.46. The molecule has 23 heavy (non-hydrogen) atoms. The number of benzene rings is 3. The number of pyridine rings is 1. The maximum atomic E-state index is 12.7. The highest BCUT2D eigenvalue weighted by atomic mass is 16.5. The van der Waals surface area contributed by atoms with E-state index in [-0.39, 0.29) is 5.43 Å². The lowest BCUT2D eigenvalue weighted by molar-refractivity contribution is 0.415. The number of para-hydroxylation sites is 2. The molecule has 3 heteroatoms. The smallest absolute Gasteiger partial charge is 0.197 e. The van der Waals surface area contributed by atoms with Gasteiger partial charge in [-0.1, -0.05) is 24.3 Å². The Bertz CT molecular complexity index is 1000. The van der Waals surface area contributed by atoms with E-state index < -0.39 is 0 Å². The third kappa shape index (κ3) is 2.09. The van der Waals surface area contributed by atoms with Crippen LogP contribution in [0.2, 0.25) is 0 Å². The van der Waals surface area contributed by atoms with Crippen molar-refractivity contribution in [2.75, 3.05) is 7.11 Å². The zero-order valence-electron chi connectivity index (χ0n) is 12.7. The maximum Gasteiger partial charge on any atom is 0.197 e. The van der Waals surface area contributed by atoms with E-state index in [2.05, 4.69) is 4.57 Å². The molecule has 1 aromatic heterocycles. The molecule has 0 spiro atoms. The van der Waals surface area contributed by atoms with Crippen molar-refractivity contribution in [3.63, 3.8) is 0 Å². The summed E-state index contributed by atoms with van der Waals surface area (Å²) in [6, 6.07) is 23.3. The fourth-order valence-corrected chi connectivity index (χ4v) is 3.01. The van der Waals surface area contributed by atoms with E-state index in [1.807, 2.05) is 72.8 Å². The van der Waals surface area contributed by atoms with Crippen LogP contribution in [0.15, 0.2) is 77.6 Å². The Kier molecular flexibility index (Phi) is 3.12.